The van der Waals surface area contributed by atoms with Crippen molar-refractivity contribution in [2.24, 2.45) is 0 Å². The van der Waals surface area contributed by atoms with Gasteiger partial charge in [-0.25, -0.2) is 0 Å². The lowest BCUT2D eigenvalue weighted by Crippen LogP contribution is -2.26. The van der Waals surface area contributed by atoms with E-state index in [1.807, 2.05) is 48.5 Å². The lowest BCUT2D eigenvalue weighted by molar-refractivity contribution is -0.122. The second-order valence-corrected chi connectivity index (χ2v) is 5.31. The fourth-order valence-corrected chi connectivity index (χ4v) is 2.21. The van der Waals surface area contributed by atoms with Gasteiger partial charge < -0.3 is 19.6 Å². The molecule has 2 heterocycles. The number of furan rings is 1. The molecular formula is C20H20N2O5. The van der Waals surface area contributed by atoms with Gasteiger partial charge in [-0.3, -0.25) is 14.6 Å². The van der Waals surface area contributed by atoms with Crippen molar-refractivity contribution in [1.82, 2.24) is 10.3 Å². The van der Waals surface area contributed by atoms with E-state index in [1.165, 1.54) is 6.26 Å². The second kappa shape index (κ2) is 11.2. The highest BCUT2D eigenvalue weighted by Gasteiger charge is 2.12. The Bertz CT molecular complexity index is 819. The molecular weight excluding hydrogens is 348 g/mol. The number of carbonyl (C=O) groups is 2. The summed E-state index contributed by atoms with van der Waals surface area (Å²) in [6.07, 6.45) is 3.23. The summed E-state index contributed by atoms with van der Waals surface area (Å²) < 4.78 is 10.8. The van der Waals surface area contributed by atoms with Gasteiger partial charge in [0.05, 0.1) is 18.9 Å². The van der Waals surface area contributed by atoms with Crippen LogP contribution in [0.1, 0.15) is 16.1 Å². The number of aromatic nitrogens is 1. The number of nitrogens with zero attached hydrogens (tertiary/aromatic N) is 1. The van der Waals surface area contributed by atoms with Gasteiger partial charge in [0.1, 0.15) is 6.26 Å². The molecule has 27 heavy (non-hydrogen) atoms. The first kappa shape index (κ1) is 19.9. The monoisotopic (exact) mass is 368 g/mol. The lowest BCUT2D eigenvalue weighted by Gasteiger charge is -2.05. The molecule has 1 aromatic carbocycles. The minimum absolute atomic E-state index is 0.250. The Labute approximate surface area is 156 Å². The molecule has 0 bridgehead atoms. The molecule has 0 aliphatic heterocycles. The first-order valence-corrected chi connectivity index (χ1v) is 8.22. The molecule has 0 unspecified atom stereocenters. The molecule has 0 fully saturated rings. The van der Waals surface area contributed by atoms with Crippen LogP contribution in [-0.4, -0.2) is 35.6 Å². The lowest BCUT2D eigenvalue weighted by atomic mass is 10.2. The summed E-state index contributed by atoms with van der Waals surface area (Å²) in [6.45, 7) is 1.14. The zero-order chi connectivity index (χ0) is 19.3. The summed E-state index contributed by atoms with van der Waals surface area (Å²) in [5, 5.41) is 9.66. The van der Waals surface area contributed by atoms with Crippen LogP contribution in [0.15, 0.2) is 71.5 Å². The molecule has 0 radical (unpaired) electrons. The number of nitrogens with one attached hydrogen (secondary N) is 1. The van der Waals surface area contributed by atoms with Crippen LogP contribution in [0.2, 0.25) is 0 Å². The zero-order valence-corrected chi connectivity index (χ0v) is 14.6. The topological polar surface area (TPSA) is 102 Å². The van der Waals surface area contributed by atoms with E-state index >= 15 is 0 Å². The van der Waals surface area contributed by atoms with Crippen molar-refractivity contribution >= 4 is 12.4 Å². The number of rotatable bonds is 7. The molecule has 0 saturated heterocycles. The van der Waals surface area contributed by atoms with E-state index in [4.69, 9.17) is 19.1 Å². The number of amides is 1. The molecule has 0 aliphatic rings. The van der Waals surface area contributed by atoms with Gasteiger partial charge in [-0.05, 0) is 23.8 Å². The van der Waals surface area contributed by atoms with Crippen molar-refractivity contribution in [3.05, 3.63) is 78.4 Å². The van der Waals surface area contributed by atoms with Crippen LogP contribution in [0.5, 0.6) is 0 Å². The fourth-order valence-electron chi connectivity index (χ4n) is 2.21. The van der Waals surface area contributed by atoms with Gasteiger partial charge in [0.25, 0.3) is 12.4 Å². The second-order valence-electron chi connectivity index (χ2n) is 5.31. The van der Waals surface area contributed by atoms with Crippen LogP contribution in [0.25, 0.3) is 11.3 Å². The smallest absolute Gasteiger partial charge is 0.290 e. The normalized spacial score (nSPS) is 9.78. The van der Waals surface area contributed by atoms with Crippen LogP contribution in [0.3, 0.4) is 0 Å². The van der Waals surface area contributed by atoms with E-state index in [-0.39, 0.29) is 18.1 Å². The van der Waals surface area contributed by atoms with Crippen LogP contribution in [0, 0.1) is 0 Å². The standard InChI is InChI=1S/C19H18N2O3.CH2O2/c22-19(21-10-11-23-13-15-6-2-1-3-7-15)18-12-16(14-24-18)17-8-4-5-9-20-17;2-1-3/h1-9,12,14H,10-11,13H2,(H,21,22);1H,(H,2,3). The quantitative estimate of drug-likeness (QED) is 0.491. The van der Waals surface area contributed by atoms with Crippen molar-refractivity contribution in [3.8, 4) is 11.3 Å². The minimum atomic E-state index is -0.263. The molecule has 2 N–H and O–H groups in total. The molecule has 0 spiro atoms. The number of carboxylic acid groups (broad SMARTS) is 1. The molecule has 2 aromatic heterocycles. The maximum absolute atomic E-state index is 12.0. The van der Waals surface area contributed by atoms with Crippen molar-refractivity contribution < 1.29 is 23.8 Å². The minimum Gasteiger partial charge on any atom is -0.483 e. The predicted octanol–water partition coefficient (Wildman–Crippen LogP) is 2.99. The van der Waals surface area contributed by atoms with E-state index in [9.17, 15) is 4.79 Å². The van der Waals surface area contributed by atoms with Crippen molar-refractivity contribution in [2.75, 3.05) is 13.2 Å². The highest BCUT2D eigenvalue weighted by molar-refractivity contribution is 5.92. The van der Waals surface area contributed by atoms with Crippen LogP contribution >= 0.6 is 0 Å². The van der Waals surface area contributed by atoms with E-state index in [0.717, 1.165) is 16.8 Å². The summed E-state index contributed by atoms with van der Waals surface area (Å²) in [6, 6.07) is 17.2. The molecule has 140 valence electrons. The van der Waals surface area contributed by atoms with Gasteiger partial charge in [0.2, 0.25) is 0 Å². The highest BCUT2D eigenvalue weighted by Crippen LogP contribution is 2.19. The van der Waals surface area contributed by atoms with Crippen LogP contribution in [-0.2, 0) is 16.1 Å². The molecule has 7 nitrogen and oxygen atoms in total. The Morgan fingerprint density at radius 2 is 1.93 bits per heavy atom. The van der Waals surface area contributed by atoms with Crippen LogP contribution < -0.4 is 5.32 Å². The molecule has 7 heteroatoms. The Morgan fingerprint density at radius 3 is 2.63 bits per heavy atom. The van der Waals surface area contributed by atoms with Crippen molar-refractivity contribution in [1.29, 1.82) is 0 Å². The molecule has 3 rings (SSSR count). The number of pyridine rings is 1. The Kier molecular flexibility index (Phi) is 8.26. The Morgan fingerprint density at radius 1 is 1.19 bits per heavy atom. The molecule has 0 atom stereocenters. The molecule has 3 aromatic rings. The molecule has 0 aliphatic carbocycles. The van der Waals surface area contributed by atoms with E-state index in [0.29, 0.717) is 19.8 Å². The largest absolute Gasteiger partial charge is 0.483 e. The number of hydrogen-bond donors (Lipinski definition) is 2. The summed E-state index contributed by atoms with van der Waals surface area (Å²) >= 11 is 0. The summed E-state index contributed by atoms with van der Waals surface area (Å²) in [5.74, 6) is -0.000736. The Balaban J connectivity index is 0.000000817. The SMILES string of the molecule is O=C(NCCOCc1ccccc1)c1cc(-c2ccccn2)co1.O=CO. The average Bonchev–Trinajstić information content (AvgIpc) is 3.20. The number of ether oxygens (including phenoxy) is 1. The van der Waals surface area contributed by atoms with Gasteiger partial charge in [0, 0.05) is 18.3 Å². The van der Waals surface area contributed by atoms with E-state index in [2.05, 4.69) is 10.3 Å². The Hall–Kier alpha value is -3.45. The third-order valence-corrected chi connectivity index (χ3v) is 3.43. The van der Waals surface area contributed by atoms with Crippen LogP contribution in [0.4, 0.5) is 0 Å². The number of hydrogen-bond acceptors (Lipinski definition) is 5. The van der Waals surface area contributed by atoms with Gasteiger partial charge in [-0.15, -0.1) is 0 Å². The number of benzene rings is 1. The zero-order valence-electron chi connectivity index (χ0n) is 14.6. The third-order valence-electron chi connectivity index (χ3n) is 3.43. The van der Waals surface area contributed by atoms with Gasteiger partial charge in [-0.2, -0.15) is 0 Å². The summed E-state index contributed by atoms with van der Waals surface area (Å²) in [5.41, 5.74) is 2.66. The first-order chi connectivity index (χ1) is 13.2. The van der Waals surface area contributed by atoms with Crippen molar-refractivity contribution in [2.45, 2.75) is 6.61 Å². The van der Waals surface area contributed by atoms with Crippen molar-refractivity contribution in [3.63, 3.8) is 0 Å². The van der Waals surface area contributed by atoms with E-state index in [1.54, 1.807) is 12.3 Å². The summed E-state index contributed by atoms with van der Waals surface area (Å²) in [4.78, 5) is 24.6. The third kappa shape index (κ3) is 6.75. The van der Waals surface area contributed by atoms with E-state index < -0.39 is 0 Å². The highest BCUT2D eigenvalue weighted by atomic mass is 16.5. The van der Waals surface area contributed by atoms with Gasteiger partial charge in [-0.1, -0.05) is 36.4 Å². The molecule has 1 amide bonds. The maximum Gasteiger partial charge on any atom is 0.290 e. The molecule has 0 saturated carbocycles. The fraction of sp³-hybridized carbons (Fsp3) is 0.150. The average molecular weight is 368 g/mol. The van der Waals surface area contributed by atoms with Gasteiger partial charge in [0.15, 0.2) is 5.76 Å². The predicted molar refractivity (Wildman–Crippen MR) is 99.1 cm³/mol. The maximum atomic E-state index is 12.0. The first-order valence-electron chi connectivity index (χ1n) is 8.22. The summed E-state index contributed by atoms with van der Waals surface area (Å²) in [7, 11) is 0. The number of carbonyl (C=O) groups excluding carboxylic acids is 1. The van der Waals surface area contributed by atoms with Gasteiger partial charge >= 0.3 is 0 Å².